The molecule has 0 amide bonds. The number of rotatable bonds is 3. The minimum atomic E-state index is -0.379. The van der Waals surface area contributed by atoms with E-state index in [9.17, 15) is 4.79 Å². The van der Waals surface area contributed by atoms with Crippen molar-refractivity contribution in [2.24, 2.45) is 12.8 Å². The fourth-order valence-electron chi connectivity index (χ4n) is 1.53. The number of nitrogens with two attached hydrogens (primary N) is 1. The van der Waals surface area contributed by atoms with Crippen molar-refractivity contribution in [1.82, 2.24) is 4.57 Å². The number of aryl methyl sites for hydroxylation is 1. The zero-order valence-electron chi connectivity index (χ0n) is 9.13. The van der Waals surface area contributed by atoms with E-state index < -0.39 is 0 Å². The average molecular weight is 209 g/mol. The van der Waals surface area contributed by atoms with E-state index in [1.807, 2.05) is 6.92 Å². The summed E-state index contributed by atoms with van der Waals surface area (Å²) >= 11 is 0. The van der Waals surface area contributed by atoms with Crippen molar-refractivity contribution in [1.29, 1.82) is 5.41 Å². The van der Waals surface area contributed by atoms with Gasteiger partial charge >= 0.3 is 5.97 Å². The Morgan fingerprint density at radius 2 is 2.27 bits per heavy atom. The first-order chi connectivity index (χ1) is 6.97. The van der Waals surface area contributed by atoms with Crippen LogP contribution >= 0.6 is 0 Å². The Hall–Kier alpha value is -1.78. The molecule has 1 rings (SSSR count). The highest BCUT2D eigenvalue weighted by molar-refractivity contribution is 5.89. The smallest absolute Gasteiger partial charge is 0.354 e. The Labute approximate surface area is 88.3 Å². The molecule has 0 atom stereocenters. The van der Waals surface area contributed by atoms with Crippen molar-refractivity contribution in [3.05, 3.63) is 23.0 Å². The minimum Gasteiger partial charge on any atom is -0.464 e. The number of carbonyl (C=O) groups excluding carboxylic acids is 1. The number of amidine groups is 1. The molecule has 1 aromatic heterocycles. The summed E-state index contributed by atoms with van der Waals surface area (Å²) in [4.78, 5) is 11.4. The number of hydrogen-bond acceptors (Lipinski definition) is 3. The number of carbonyl (C=O) groups is 1. The summed E-state index contributed by atoms with van der Waals surface area (Å²) in [7, 11) is 3.10. The Kier molecular flexibility index (Phi) is 3.14. The Balaban J connectivity index is 3.14. The largest absolute Gasteiger partial charge is 0.464 e. The Morgan fingerprint density at radius 3 is 2.73 bits per heavy atom. The highest BCUT2D eigenvalue weighted by Gasteiger charge is 2.16. The second-order valence-electron chi connectivity index (χ2n) is 3.41. The van der Waals surface area contributed by atoms with Crippen molar-refractivity contribution in [2.75, 3.05) is 7.11 Å². The number of methoxy groups -OCH3 is 1. The highest BCUT2D eigenvalue weighted by atomic mass is 16.5. The lowest BCUT2D eigenvalue weighted by molar-refractivity contribution is 0.0589. The van der Waals surface area contributed by atoms with Crippen molar-refractivity contribution in [3.63, 3.8) is 0 Å². The maximum atomic E-state index is 11.4. The molecule has 0 aliphatic rings. The van der Waals surface area contributed by atoms with Crippen LogP contribution in [0.3, 0.4) is 0 Å². The molecule has 1 heterocycles. The lowest BCUT2D eigenvalue weighted by atomic mass is 10.2. The van der Waals surface area contributed by atoms with Gasteiger partial charge in [0.1, 0.15) is 5.69 Å². The lowest BCUT2D eigenvalue weighted by Gasteiger charge is -2.06. The van der Waals surface area contributed by atoms with Crippen LogP contribution in [0.4, 0.5) is 0 Å². The van der Waals surface area contributed by atoms with Gasteiger partial charge in [0, 0.05) is 19.2 Å². The van der Waals surface area contributed by atoms with Crippen LogP contribution in [-0.2, 0) is 18.2 Å². The second-order valence-corrected chi connectivity index (χ2v) is 3.41. The molecule has 0 saturated heterocycles. The van der Waals surface area contributed by atoms with Crippen LogP contribution in [0.1, 0.15) is 21.7 Å². The molecule has 0 aromatic carbocycles. The SMILES string of the molecule is COC(=O)c1cc(C)c(CC(=N)N)n1C. The molecule has 0 unspecified atom stereocenters. The second kappa shape index (κ2) is 4.16. The van der Waals surface area contributed by atoms with Gasteiger partial charge < -0.3 is 15.0 Å². The molecular formula is C10H15N3O2. The van der Waals surface area contributed by atoms with Gasteiger partial charge in [-0.15, -0.1) is 0 Å². The molecule has 0 bridgehead atoms. The number of esters is 1. The number of aromatic nitrogens is 1. The number of ether oxygens (including phenoxy) is 1. The van der Waals surface area contributed by atoms with Crippen molar-refractivity contribution >= 4 is 11.8 Å². The molecule has 1 aromatic rings. The van der Waals surface area contributed by atoms with Crippen LogP contribution in [0, 0.1) is 12.3 Å². The van der Waals surface area contributed by atoms with Crippen molar-refractivity contribution in [3.8, 4) is 0 Å². The van der Waals surface area contributed by atoms with E-state index in [4.69, 9.17) is 11.1 Å². The molecule has 0 fully saturated rings. The van der Waals surface area contributed by atoms with Crippen LogP contribution in [0.15, 0.2) is 6.07 Å². The van der Waals surface area contributed by atoms with Gasteiger partial charge in [0.15, 0.2) is 0 Å². The molecule has 3 N–H and O–H groups in total. The topological polar surface area (TPSA) is 81.1 Å². The van der Waals surface area contributed by atoms with E-state index >= 15 is 0 Å². The molecule has 0 spiro atoms. The summed E-state index contributed by atoms with van der Waals surface area (Å²) in [6.07, 6.45) is 0.347. The van der Waals surface area contributed by atoms with Crippen molar-refractivity contribution in [2.45, 2.75) is 13.3 Å². The minimum absolute atomic E-state index is 0.0794. The summed E-state index contributed by atoms with van der Waals surface area (Å²) in [5.74, 6) is -0.300. The van der Waals surface area contributed by atoms with Crippen molar-refractivity contribution < 1.29 is 9.53 Å². The fraction of sp³-hybridized carbons (Fsp3) is 0.400. The normalized spacial score (nSPS) is 10.1. The van der Waals surface area contributed by atoms with Gasteiger partial charge in [-0.25, -0.2) is 4.79 Å². The summed E-state index contributed by atoms with van der Waals surface area (Å²) in [5.41, 5.74) is 7.61. The molecule has 5 nitrogen and oxygen atoms in total. The third-order valence-electron chi connectivity index (χ3n) is 2.33. The average Bonchev–Trinajstić information content (AvgIpc) is 2.44. The van der Waals surface area contributed by atoms with Crippen LogP contribution in [0.25, 0.3) is 0 Å². The van der Waals surface area contributed by atoms with E-state index in [0.29, 0.717) is 12.1 Å². The summed E-state index contributed by atoms with van der Waals surface area (Å²) in [5, 5.41) is 7.23. The van der Waals surface area contributed by atoms with Crippen LogP contribution < -0.4 is 5.73 Å². The monoisotopic (exact) mass is 209 g/mol. The Morgan fingerprint density at radius 1 is 1.67 bits per heavy atom. The van der Waals surface area contributed by atoms with E-state index in [0.717, 1.165) is 11.3 Å². The first-order valence-electron chi connectivity index (χ1n) is 4.53. The third kappa shape index (κ3) is 2.18. The Bertz CT molecular complexity index is 407. The van der Waals surface area contributed by atoms with Gasteiger partial charge in [0.2, 0.25) is 0 Å². The van der Waals surface area contributed by atoms with E-state index in [1.54, 1.807) is 17.7 Å². The third-order valence-corrected chi connectivity index (χ3v) is 2.33. The van der Waals surface area contributed by atoms with Crippen LogP contribution in [-0.4, -0.2) is 23.5 Å². The molecular weight excluding hydrogens is 194 g/mol. The predicted octanol–water partition coefficient (Wildman–Crippen LogP) is 0.599. The standard InChI is InChI=1S/C10H15N3O2/c1-6-4-8(10(14)15-3)13(2)7(6)5-9(11)12/h4H,5H2,1-3H3,(H3,11,12). The van der Waals surface area contributed by atoms with Gasteiger partial charge in [0.05, 0.1) is 12.9 Å². The highest BCUT2D eigenvalue weighted by Crippen LogP contribution is 2.15. The number of nitrogens with zero attached hydrogens (tertiary/aromatic N) is 1. The first-order valence-corrected chi connectivity index (χ1v) is 4.53. The molecule has 15 heavy (non-hydrogen) atoms. The fourth-order valence-corrected chi connectivity index (χ4v) is 1.53. The maximum absolute atomic E-state index is 11.4. The number of nitrogens with one attached hydrogen (secondary N) is 1. The number of hydrogen-bond donors (Lipinski definition) is 2. The van der Waals surface area contributed by atoms with Crippen LogP contribution in [0.5, 0.6) is 0 Å². The van der Waals surface area contributed by atoms with Gasteiger partial charge in [0.25, 0.3) is 0 Å². The molecule has 82 valence electrons. The van der Waals surface area contributed by atoms with Gasteiger partial charge in [-0.05, 0) is 18.6 Å². The summed E-state index contributed by atoms with van der Waals surface area (Å²) in [6, 6.07) is 1.74. The van der Waals surface area contributed by atoms with E-state index in [1.165, 1.54) is 7.11 Å². The molecule has 5 heteroatoms. The predicted molar refractivity (Wildman–Crippen MR) is 57.1 cm³/mol. The maximum Gasteiger partial charge on any atom is 0.354 e. The van der Waals surface area contributed by atoms with Gasteiger partial charge in [-0.2, -0.15) is 0 Å². The lowest BCUT2D eigenvalue weighted by Crippen LogP contribution is -2.17. The first kappa shape index (κ1) is 11.3. The van der Waals surface area contributed by atoms with E-state index in [-0.39, 0.29) is 11.8 Å². The van der Waals surface area contributed by atoms with Crippen LogP contribution in [0.2, 0.25) is 0 Å². The zero-order chi connectivity index (χ0) is 11.6. The van der Waals surface area contributed by atoms with E-state index in [2.05, 4.69) is 4.74 Å². The summed E-state index contributed by atoms with van der Waals surface area (Å²) < 4.78 is 6.36. The molecule has 0 aliphatic carbocycles. The van der Waals surface area contributed by atoms with Gasteiger partial charge in [-0.1, -0.05) is 0 Å². The molecule has 0 radical (unpaired) electrons. The summed E-state index contributed by atoms with van der Waals surface area (Å²) in [6.45, 7) is 1.88. The quantitative estimate of drug-likeness (QED) is 0.434. The molecule has 0 aliphatic heterocycles. The zero-order valence-corrected chi connectivity index (χ0v) is 9.13. The molecule has 0 saturated carbocycles. The van der Waals surface area contributed by atoms with Gasteiger partial charge in [-0.3, -0.25) is 5.41 Å².